The molecule has 0 aromatic heterocycles. The lowest BCUT2D eigenvalue weighted by Crippen LogP contribution is -2.33. The summed E-state index contributed by atoms with van der Waals surface area (Å²) >= 11 is 7.25. The van der Waals surface area contributed by atoms with E-state index in [-0.39, 0.29) is 24.1 Å². The topological polar surface area (TPSA) is 77.5 Å². The number of carbonyl (C=O) groups excluding carboxylic acids is 3. The van der Waals surface area contributed by atoms with Crippen LogP contribution in [0.4, 0.5) is 5.69 Å². The molecule has 0 saturated carbocycles. The van der Waals surface area contributed by atoms with Gasteiger partial charge < -0.3 is 9.90 Å². The van der Waals surface area contributed by atoms with Gasteiger partial charge in [-0.3, -0.25) is 9.59 Å². The highest BCUT2D eigenvalue weighted by Gasteiger charge is 2.37. The summed E-state index contributed by atoms with van der Waals surface area (Å²) in [5, 5.41) is 11.7. The molecule has 0 spiro atoms. The van der Waals surface area contributed by atoms with Crippen LogP contribution in [0.3, 0.4) is 0 Å². The molecule has 5 nitrogen and oxygen atoms in total. The molecule has 0 unspecified atom stereocenters. The van der Waals surface area contributed by atoms with Gasteiger partial charge in [0, 0.05) is 18.4 Å². The van der Waals surface area contributed by atoms with E-state index < -0.39 is 22.7 Å². The lowest BCUT2D eigenvalue weighted by Gasteiger charge is -2.31. The molecule has 6 heteroatoms. The molecule has 1 fully saturated rings. The van der Waals surface area contributed by atoms with Crippen LogP contribution >= 0.6 is 11.6 Å². The van der Waals surface area contributed by atoms with Crippen LogP contribution in [0.15, 0.2) is 78.9 Å². The second-order valence-electron chi connectivity index (χ2n) is 7.03. The number of aromatic carboxylic acids is 1. The Balaban J connectivity index is 1.97. The van der Waals surface area contributed by atoms with E-state index in [1.807, 2.05) is 60.7 Å². The van der Waals surface area contributed by atoms with E-state index in [2.05, 4.69) is 0 Å². The van der Waals surface area contributed by atoms with Crippen molar-refractivity contribution < 1.29 is 19.5 Å². The quantitative estimate of drug-likeness (QED) is 0.362. The number of nitrogens with zero attached hydrogens (tertiary/aromatic N) is 1. The number of rotatable bonds is 5. The van der Waals surface area contributed by atoms with Crippen molar-refractivity contribution in [2.75, 3.05) is 4.90 Å². The number of hydrogen-bond acceptors (Lipinski definition) is 4. The largest absolute Gasteiger partial charge is 0.545 e. The molecular weight excluding hydrogens is 402 g/mol. The van der Waals surface area contributed by atoms with Crippen molar-refractivity contribution in [3.05, 3.63) is 101 Å². The third kappa shape index (κ3) is 3.27. The molecule has 0 N–H and O–H groups in total. The van der Waals surface area contributed by atoms with Crippen LogP contribution in [0, 0.1) is 0 Å². The SMILES string of the molecule is O=C([O-])c1ccc(C(Cl)(c2ccccc2)c2ccccc2)cc1N1C(=O)CCC1=O. The fourth-order valence-electron chi connectivity index (χ4n) is 3.78. The van der Waals surface area contributed by atoms with Gasteiger partial charge in [0.1, 0.15) is 4.87 Å². The summed E-state index contributed by atoms with van der Waals surface area (Å²) in [5.41, 5.74) is 1.82. The molecule has 1 aliphatic heterocycles. The van der Waals surface area contributed by atoms with Gasteiger partial charge in [-0.25, -0.2) is 4.90 Å². The zero-order chi connectivity index (χ0) is 21.3. The summed E-state index contributed by atoms with van der Waals surface area (Å²) in [7, 11) is 0. The van der Waals surface area contributed by atoms with Gasteiger partial charge in [0.2, 0.25) is 11.8 Å². The Labute approximate surface area is 178 Å². The molecule has 2 amide bonds. The molecule has 3 aromatic carbocycles. The number of anilines is 1. The molecule has 1 heterocycles. The maximum Gasteiger partial charge on any atom is 0.234 e. The number of benzene rings is 3. The van der Waals surface area contributed by atoms with Gasteiger partial charge >= 0.3 is 0 Å². The Hall–Kier alpha value is -3.44. The Bertz CT molecular complexity index is 1070. The Kier molecular flexibility index (Phi) is 5.14. The molecule has 3 aromatic rings. The van der Waals surface area contributed by atoms with Gasteiger partial charge in [-0.15, -0.1) is 11.6 Å². The molecular formula is C24H17ClNO4-. The number of imide groups is 1. The highest BCUT2D eigenvalue weighted by Crippen LogP contribution is 2.44. The summed E-state index contributed by atoms with van der Waals surface area (Å²) in [6, 6.07) is 23.1. The maximum absolute atomic E-state index is 12.3. The number of carboxylic acids is 1. The molecule has 150 valence electrons. The zero-order valence-corrected chi connectivity index (χ0v) is 16.6. The zero-order valence-electron chi connectivity index (χ0n) is 15.9. The predicted octanol–water partition coefficient (Wildman–Crippen LogP) is 3.23. The standard InChI is InChI=1S/C24H18ClNO4/c25-24(16-7-3-1-4-8-16,17-9-5-2-6-10-17)18-11-12-19(23(29)30)20(15-18)26-21(27)13-14-22(26)28/h1-12,15H,13-14H2,(H,29,30)/p-1. The third-order valence-corrected chi connectivity index (χ3v) is 5.91. The van der Waals surface area contributed by atoms with Crippen molar-refractivity contribution >= 4 is 35.1 Å². The fourth-order valence-corrected chi connectivity index (χ4v) is 4.15. The van der Waals surface area contributed by atoms with Gasteiger partial charge in [0.25, 0.3) is 0 Å². The molecule has 0 aliphatic carbocycles. The van der Waals surface area contributed by atoms with Crippen molar-refractivity contribution in [1.82, 2.24) is 0 Å². The first-order chi connectivity index (χ1) is 14.4. The van der Waals surface area contributed by atoms with E-state index in [0.717, 1.165) is 16.0 Å². The summed E-state index contributed by atoms with van der Waals surface area (Å²) in [4.78, 5) is 36.1. The predicted molar refractivity (Wildman–Crippen MR) is 111 cm³/mol. The van der Waals surface area contributed by atoms with Gasteiger partial charge in [0.15, 0.2) is 0 Å². The van der Waals surface area contributed by atoms with Gasteiger partial charge in [-0.05, 0) is 22.8 Å². The van der Waals surface area contributed by atoms with Crippen LogP contribution in [0.25, 0.3) is 0 Å². The average Bonchev–Trinajstić information content (AvgIpc) is 3.11. The number of carbonyl (C=O) groups is 3. The monoisotopic (exact) mass is 418 g/mol. The van der Waals surface area contributed by atoms with Crippen LogP contribution in [0.5, 0.6) is 0 Å². The second-order valence-corrected chi connectivity index (χ2v) is 7.60. The Morgan fingerprint density at radius 1 is 0.800 bits per heavy atom. The van der Waals surface area contributed by atoms with E-state index in [9.17, 15) is 19.5 Å². The van der Waals surface area contributed by atoms with Gasteiger partial charge in [-0.1, -0.05) is 72.8 Å². The maximum atomic E-state index is 12.3. The summed E-state index contributed by atoms with van der Waals surface area (Å²) in [5.74, 6) is -2.36. The fraction of sp³-hybridized carbons (Fsp3) is 0.125. The summed E-state index contributed by atoms with van der Waals surface area (Å²) in [6.07, 6.45) is 0.0812. The normalized spacial score (nSPS) is 14.2. The summed E-state index contributed by atoms with van der Waals surface area (Å²) in [6.45, 7) is 0. The van der Waals surface area contributed by atoms with E-state index in [0.29, 0.717) is 5.56 Å². The number of halogens is 1. The lowest BCUT2D eigenvalue weighted by atomic mass is 9.83. The molecule has 0 radical (unpaired) electrons. The van der Waals surface area contributed by atoms with E-state index in [1.54, 1.807) is 6.07 Å². The first-order valence-electron chi connectivity index (χ1n) is 9.44. The van der Waals surface area contributed by atoms with Crippen LogP contribution in [0.2, 0.25) is 0 Å². The third-order valence-electron chi connectivity index (χ3n) is 5.25. The number of alkyl halides is 1. The highest BCUT2D eigenvalue weighted by atomic mass is 35.5. The van der Waals surface area contributed by atoms with E-state index in [1.165, 1.54) is 12.1 Å². The average molecular weight is 419 g/mol. The highest BCUT2D eigenvalue weighted by molar-refractivity contribution is 6.28. The van der Waals surface area contributed by atoms with E-state index >= 15 is 0 Å². The summed E-state index contributed by atoms with van der Waals surface area (Å²) < 4.78 is 0. The van der Waals surface area contributed by atoms with Gasteiger partial charge in [0.05, 0.1) is 11.7 Å². The molecule has 1 aliphatic rings. The van der Waals surface area contributed by atoms with Gasteiger partial charge in [-0.2, -0.15) is 0 Å². The second kappa shape index (κ2) is 7.76. The molecule has 4 rings (SSSR count). The minimum atomic E-state index is -1.47. The smallest absolute Gasteiger partial charge is 0.234 e. The number of carboxylic acid groups (broad SMARTS) is 1. The van der Waals surface area contributed by atoms with Crippen molar-refractivity contribution in [3.63, 3.8) is 0 Å². The lowest BCUT2D eigenvalue weighted by molar-refractivity contribution is -0.254. The van der Waals surface area contributed by atoms with Crippen molar-refractivity contribution in [2.45, 2.75) is 17.7 Å². The van der Waals surface area contributed by atoms with Crippen LogP contribution in [-0.4, -0.2) is 17.8 Å². The molecule has 0 atom stereocenters. The molecule has 1 saturated heterocycles. The van der Waals surface area contributed by atoms with Crippen LogP contribution in [0.1, 0.15) is 39.9 Å². The first kappa shape index (κ1) is 19.9. The minimum absolute atomic E-state index is 0.0168. The molecule has 0 bridgehead atoms. The van der Waals surface area contributed by atoms with Crippen molar-refractivity contribution in [3.8, 4) is 0 Å². The Morgan fingerprint density at radius 3 is 1.77 bits per heavy atom. The van der Waals surface area contributed by atoms with Crippen LogP contribution in [-0.2, 0) is 14.5 Å². The number of amides is 2. The van der Waals surface area contributed by atoms with Crippen molar-refractivity contribution in [2.24, 2.45) is 0 Å². The van der Waals surface area contributed by atoms with Crippen molar-refractivity contribution in [1.29, 1.82) is 0 Å². The first-order valence-corrected chi connectivity index (χ1v) is 9.82. The Morgan fingerprint density at radius 2 is 1.30 bits per heavy atom. The van der Waals surface area contributed by atoms with Crippen LogP contribution < -0.4 is 10.0 Å². The molecule has 30 heavy (non-hydrogen) atoms. The minimum Gasteiger partial charge on any atom is -0.545 e. The number of hydrogen-bond donors (Lipinski definition) is 0. The van der Waals surface area contributed by atoms with E-state index in [4.69, 9.17) is 11.6 Å².